The summed E-state index contributed by atoms with van der Waals surface area (Å²) in [4.78, 5) is 24.5. The molecule has 0 N–H and O–H groups in total. The lowest BCUT2D eigenvalue weighted by Gasteiger charge is -2.04. The van der Waals surface area contributed by atoms with E-state index in [0.717, 1.165) is 5.56 Å². The number of Topliss-reactive ketones (excluding diaryl/α,β-unsaturated/α-hetero) is 1. The predicted molar refractivity (Wildman–Crippen MR) is 105 cm³/mol. The maximum absolute atomic E-state index is 13.0. The van der Waals surface area contributed by atoms with E-state index in [1.54, 1.807) is 30.3 Å². The van der Waals surface area contributed by atoms with Gasteiger partial charge < -0.3 is 0 Å². The third kappa shape index (κ3) is 3.49. The first kappa shape index (κ1) is 17.5. The summed E-state index contributed by atoms with van der Waals surface area (Å²) in [7, 11) is 0. The van der Waals surface area contributed by atoms with E-state index in [1.807, 2.05) is 52.8 Å². The number of hydrogen-bond donors (Lipinski definition) is 0. The van der Waals surface area contributed by atoms with Crippen molar-refractivity contribution < 1.29 is 9.72 Å². The Bertz CT molecular complexity index is 979. The Morgan fingerprint density at radius 2 is 1.48 bits per heavy atom. The first-order valence-corrected chi connectivity index (χ1v) is 9.28. The van der Waals surface area contributed by atoms with E-state index in [0.29, 0.717) is 10.5 Å². The van der Waals surface area contributed by atoms with E-state index in [9.17, 15) is 14.9 Å². The molecule has 1 fully saturated rings. The van der Waals surface area contributed by atoms with E-state index >= 15 is 0 Å². The van der Waals surface area contributed by atoms with Gasteiger partial charge in [-0.25, -0.2) is 4.31 Å². The fraction of sp³-hybridized carbons (Fsp3) is 0.0952. The average Bonchev–Trinajstić information content (AvgIpc) is 3.42. The molecule has 6 heteroatoms. The smallest absolute Gasteiger partial charge is 0.284 e. The van der Waals surface area contributed by atoms with Gasteiger partial charge in [-0.2, -0.15) is 0 Å². The van der Waals surface area contributed by atoms with Gasteiger partial charge in [-0.05, 0) is 23.6 Å². The van der Waals surface area contributed by atoms with Gasteiger partial charge in [0.25, 0.3) is 5.69 Å². The molecule has 0 radical (unpaired) electrons. The van der Waals surface area contributed by atoms with Crippen LogP contribution in [0.25, 0.3) is 0 Å². The van der Waals surface area contributed by atoms with Crippen molar-refractivity contribution in [2.45, 2.75) is 17.0 Å². The van der Waals surface area contributed by atoms with Crippen molar-refractivity contribution >= 4 is 23.4 Å². The number of ketones is 1. The van der Waals surface area contributed by atoms with Crippen molar-refractivity contribution in [1.29, 1.82) is 0 Å². The summed E-state index contributed by atoms with van der Waals surface area (Å²) in [6.45, 7) is 0. The number of nitrogens with zero attached hydrogens (tertiary/aromatic N) is 2. The average molecular weight is 376 g/mol. The molecular weight excluding hydrogens is 360 g/mol. The molecule has 1 aliphatic heterocycles. The number of carbonyl (C=O) groups is 1. The third-order valence-electron chi connectivity index (χ3n) is 4.49. The molecule has 3 aromatic rings. The van der Waals surface area contributed by atoms with Crippen molar-refractivity contribution in [2.75, 3.05) is 0 Å². The Morgan fingerprint density at radius 1 is 0.889 bits per heavy atom. The molecule has 3 atom stereocenters. The number of para-hydroxylation sites is 1. The van der Waals surface area contributed by atoms with Crippen LogP contribution in [-0.2, 0) is 0 Å². The Kier molecular flexibility index (Phi) is 4.75. The molecule has 27 heavy (non-hydrogen) atoms. The number of rotatable bonds is 6. The number of hydrogen-bond acceptors (Lipinski definition) is 5. The van der Waals surface area contributed by atoms with E-state index in [2.05, 4.69) is 0 Å². The van der Waals surface area contributed by atoms with Crippen molar-refractivity contribution in [3.05, 3.63) is 106 Å². The van der Waals surface area contributed by atoms with E-state index in [4.69, 9.17) is 0 Å². The van der Waals surface area contributed by atoms with Gasteiger partial charge in [0.1, 0.15) is 10.9 Å². The summed E-state index contributed by atoms with van der Waals surface area (Å²) in [5, 5.41) is 11.3. The quantitative estimate of drug-likeness (QED) is 0.201. The standard InChI is InChI=1S/C21H16N2O3S/c24-21(16-11-5-2-6-12-16)20-19(15-9-3-1-4-10-15)22(20)27-18-14-8-7-13-17(18)23(25)26/h1-14,19-20H/t19-,20+,22?/m1/s1. The highest BCUT2D eigenvalue weighted by Crippen LogP contribution is 2.53. The fourth-order valence-electron chi connectivity index (χ4n) is 3.14. The van der Waals surface area contributed by atoms with Crippen LogP contribution in [0, 0.1) is 10.1 Å². The number of benzene rings is 3. The zero-order valence-electron chi connectivity index (χ0n) is 14.3. The van der Waals surface area contributed by atoms with Gasteiger partial charge in [-0.1, -0.05) is 72.8 Å². The number of nitro benzene ring substituents is 1. The molecule has 0 spiro atoms. The molecule has 3 aromatic carbocycles. The van der Waals surface area contributed by atoms with Gasteiger partial charge in [-0.15, -0.1) is 0 Å². The molecule has 0 amide bonds. The first-order valence-electron chi connectivity index (χ1n) is 8.51. The Balaban J connectivity index is 1.65. The molecule has 1 heterocycles. The number of carbonyl (C=O) groups excluding carboxylic acids is 1. The fourth-order valence-corrected chi connectivity index (χ4v) is 4.36. The molecule has 0 aromatic heterocycles. The van der Waals surface area contributed by atoms with Crippen molar-refractivity contribution in [3.63, 3.8) is 0 Å². The molecule has 0 bridgehead atoms. The third-order valence-corrected chi connectivity index (χ3v) is 5.70. The van der Waals surface area contributed by atoms with Crippen molar-refractivity contribution in [2.24, 2.45) is 0 Å². The number of nitro groups is 1. The highest BCUT2D eigenvalue weighted by molar-refractivity contribution is 7.97. The monoisotopic (exact) mass is 376 g/mol. The summed E-state index contributed by atoms with van der Waals surface area (Å²) >= 11 is 1.27. The van der Waals surface area contributed by atoms with Gasteiger partial charge in [-0.3, -0.25) is 14.9 Å². The molecule has 0 aliphatic carbocycles. The molecule has 1 aliphatic rings. The predicted octanol–water partition coefficient (Wildman–Crippen LogP) is 4.91. The summed E-state index contributed by atoms with van der Waals surface area (Å²) < 4.78 is 1.94. The van der Waals surface area contributed by atoms with Crippen LogP contribution in [0.2, 0.25) is 0 Å². The van der Waals surface area contributed by atoms with Gasteiger partial charge in [0.2, 0.25) is 0 Å². The van der Waals surface area contributed by atoms with Gasteiger partial charge in [0, 0.05) is 11.6 Å². The maximum atomic E-state index is 13.0. The van der Waals surface area contributed by atoms with Crippen LogP contribution in [0.3, 0.4) is 0 Å². The van der Waals surface area contributed by atoms with Gasteiger partial charge in [0.15, 0.2) is 5.78 Å². The first-order chi connectivity index (χ1) is 13.2. The van der Waals surface area contributed by atoms with Crippen LogP contribution in [0.5, 0.6) is 0 Å². The van der Waals surface area contributed by atoms with Gasteiger partial charge in [0.05, 0.1) is 11.0 Å². The van der Waals surface area contributed by atoms with Crippen molar-refractivity contribution in [3.8, 4) is 0 Å². The topological polar surface area (TPSA) is 63.2 Å². The summed E-state index contributed by atoms with van der Waals surface area (Å²) in [5.74, 6) is 0.0236. The molecule has 0 saturated carbocycles. The lowest BCUT2D eigenvalue weighted by Crippen LogP contribution is -2.10. The molecule has 1 unspecified atom stereocenters. The van der Waals surface area contributed by atoms with Crippen LogP contribution in [0.4, 0.5) is 5.69 Å². The summed E-state index contributed by atoms with van der Waals surface area (Å²) in [5.41, 5.74) is 1.72. The second-order valence-corrected chi connectivity index (χ2v) is 7.25. The molecule has 5 nitrogen and oxygen atoms in total. The summed E-state index contributed by atoms with van der Waals surface area (Å²) in [6, 6.07) is 25.1. The van der Waals surface area contributed by atoms with E-state index in [-0.39, 0.29) is 23.6 Å². The van der Waals surface area contributed by atoms with Crippen LogP contribution in [0.1, 0.15) is 22.0 Å². The minimum Gasteiger partial charge on any atom is -0.292 e. The van der Waals surface area contributed by atoms with Gasteiger partial charge >= 0.3 is 0 Å². The van der Waals surface area contributed by atoms with Crippen LogP contribution >= 0.6 is 11.9 Å². The Morgan fingerprint density at radius 3 is 2.15 bits per heavy atom. The Labute approximate surface area is 160 Å². The zero-order chi connectivity index (χ0) is 18.8. The largest absolute Gasteiger partial charge is 0.292 e. The van der Waals surface area contributed by atoms with E-state index in [1.165, 1.54) is 18.0 Å². The molecule has 134 valence electrons. The lowest BCUT2D eigenvalue weighted by atomic mass is 10.0. The molecular formula is C21H16N2O3S. The highest BCUT2D eigenvalue weighted by atomic mass is 32.2. The molecule has 4 rings (SSSR count). The SMILES string of the molecule is O=C(c1ccccc1)[C@@H]1[C@@H](c2ccccc2)N1Sc1ccccc1[N+](=O)[O-]. The van der Waals surface area contributed by atoms with Crippen LogP contribution in [-0.4, -0.2) is 21.1 Å². The molecule has 1 saturated heterocycles. The normalized spacial score (nSPS) is 20.8. The Hall–Kier alpha value is -2.96. The maximum Gasteiger partial charge on any atom is 0.284 e. The van der Waals surface area contributed by atoms with E-state index < -0.39 is 4.92 Å². The van der Waals surface area contributed by atoms with Crippen LogP contribution < -0.4 is 0 Å². The minimum absolute atomic E-state index is 0.0236. The highest BCUT2D eigenvalue weighted by Gasteiger charge is 2.54. The van der Waals surface area contributed by atoms with Crippen LogP contribution in [0.15, 0.2) is 89.8 Å². The summed E-state index contributed by atoms with van der Waals surface area (Å²) in [6.07, 6.45) is 0. The second-order valence-electron chi connectivity index (χ2n) is 6.21. The minimum atomic E-state index is -0.391. The lowest BCUT2D eigenvalue weighted by molar-refractivity contribution is -0.387. The van der Waals surface area contributed by atoms with Crippen molar-refractivity contribution in [1.82, 2.24) is 4.31 Å². The zero-order valence-corrected chi connectivity index (χ0v) is 15.1. The second kappa shape index (κ2) is 7.34.